The molecule has 10 nitrogen and oxygen atoms in total. The lowest BCUT2D eigenvalue weighted by Gasteiger charge is -2.31. The van der Waals surface area contributed by atoms with Gasteiger partial charge in [0.05, 0.1) is 12.5 Å². The second-order valence-corrected chi connectivity index (χ2v) is 8.71. The molecule has 174 valence electrons. The van der Waals surface area contributed by atoms with Crippen molar-refractivity contribution in [3.63, 3.8) is 0 Å². The minimum atomic E-state index is -0.336. The fraction of sp³-hybridized carbons (Fsp3) is 0.409. The number of carbonyl (C=O) groups excluding carboxylic acids is 2. The van der Waals surface area contributed by atoms with Gasteiger partial charge in [0.2, 0.25) is 11.8 Å². The van der Waals surface area contributed by atoms with Crippen molar-refractivity contribution in [1.29, 1.82) is 0 Å². The van der Waals surface area contributed by atoms with Gasteiger partial charge < -0.3 is 20.3 Å². The van der Waals surface area contributed by atoms with E-state index >= 15 is 0 Å². The maximum absolute atomic E-state index is 13.0. The average molecular weight is 471 g/mol. The molecule has 2 aromatic heterocycles. The van der Waals surface area contributed by atoms with Crippen molar-refractivity contribution in [2.45, 2.75) is 26.3 Å². The zero-order valence-corrected chi connectivity index (χ0v) is 19.4. The largest absolute Gasteiger partial charge is 0.494 e. The SMILES string of the molecule is CCOc1ccc(NC(=O)Cn2cnc3nc(N4CCC[C@H](C(=O)NC)C4)sc3c2=O)cc1. The van der Waals surface area contributed by atoms with Gasteiger partial charge in [0.1, 0.15) is 23.3 Å². The Bertz CT molecular complexity index is 1210. The van der Waals surface area contributed by atoms with E-state index in [2.05, 4.69) is 20.6 Å². The molecule has 1 atom stereocenters. The third kappa shape index (κ3) is 5.14. The molecule has 0 unspecified atom stereocenters. The number of anilines is 2. The summed E-state index contributed by atoms with van der Waals surface area (Å²) in [7, 11) is 1.64. The van der Waals surface area contributed by atoms with Crippen LogP contribution in [0.2, 0.25) is 0 Å². The van der Waals surface area contributed by atoms with E-state index in [9.17, 15) is 14.4 Å². The van der Waals surface area contributed by atoms with E-state index in [1.54, 1.807) is 31.3 Å². The summed E-state index contributed by atoms with van der Waals surface area (Å²) in [5.41, 5.74) is 0.650. The first kappa shape index (κ1) is 22.7. The lowest BCUT2D eigenvalue weighted by atomic mass is 9.98. The van der Waals surface area contributed by atoms with Gasteiger partial charge in [-0.3, -0.25) is 19.0 Å². The van der Waals surface area contributed by atoms with Gasteiger partial charge in [0.15, 0.2) is 10.8 Å². The zero-order chi connectivity index (χ0) is 23.4. The second kappa shape index (κ2) is 9.99. The van der Waals surface area contributed by atoms with Gasteiger partial charge in [-0.25, -0.2) is 4.98 Å². The molecule has 0 spiro atoms. The minimum Gasteiger partial charge on any atom is -0.494 e. The standard InChI is InChI=1S/C22H26N6O4S/c1-3-32-16-8-6-15(7-9-16)25-17(29)12-28-13-24-19-18(21(28)31)33-22(26-19)27-10-4-5-14(11-27)20(30)23-2/h6-9,13-14H,3-5,10-12H2,1-2H3,(H,23,30)(H,25,29)/t14-/m0/s1. The lowest BCUT2D eigenvalue weighted by molar-refractivity contribution is -0.124. The molecule has 1 aliphatic rings. The Morgan fingerprint density at radius 1 is 1.27 bits per heavy atom. The number of amides is 2. The topological polar surface area (TPSA) is 118 Å². The first-order valence-electron chi connectivity index (χ1n) is 10.8. The normalized spacial score (nSPS) is 15.9. The Morgan fingerprint density at radius 2 is 2.06 bits per heavy atom. The van der Waals surface area contributed by atoms with Crippen molar-refractivity contribution in [2.75, 3.05) is 37.0 Å². The van der Waals surface area contributed by atoms with E-state index in [1.807, 2.05) is 11.8 Å². The third-order valence-electron chi connectivity index (χ3n) is 5.44. The minimum absolute atomic E-state index is 0.0137. The summed E-state index contributed by atoms with van der Waals surface area (Å²) in [5.74, 6) is 0.292. The van der Waals surface area contributed by atoms with Gasteiger partial charge in [-0.1, -0.05) is 11.3 Å². The Hall–Kier alpha value is -3.47. The van der Waals surface area contributed by atoms with Gasteiger partial charge in [-0.15, -0.1) is 0 Å². The number of nitrogens with zero attached hydrogens (tertiary/aromatic N) is 4. The Labute approximate surface area is 194 Å². The number of ether oxygens (including phenoxy) is 1. The molecule has 0 radical (unpaired) electrons. The highest BCUT2D eigenvalue weighted by Gasteiger charge is 2.27. The molecule has 1 aliphatic heterocycles. The highest BCUT2D eigenvalue weighted by molar-refractivity contribution is 7.22. The number of nitrogens with one attached hydrogen (secondary N) is 2. The number of fused-ring (bicyclic) bond motifs is 1. The molecule has 3 aromatic rings. The summed E-state index contributed by atoms with van der Waals surface area (Å²) in [6.07, 6.45) is 3.04. The van der Waals surface area contributed by atoms with Gasteiger partial charge >= 0.3 is 0 Å². The highest BCUT2D eigenvalue weighted by atomic mass is 32.1. The summed E-state index contributed by atoms with van der Waals surface area (Å²) in [6, 6.07) is 7.03. The van der Waals surface area contributed by atoms with Crippen molar-refractivity contribution in [1.82, 2.24) is 19.9 Å². The smallest absolute Gasteiger partial charge is 0.273 e. The van der Waals surface area contributed by atoms with Crippen LogP contribution in [0.15, 0.2) is 35.4 Å². The van der Waals surface area contributed by atoms with Crippen molar-refractivity contribution in [3.8, 4) is 5.75 Å². The summed E-state index contributed by atoms with van der Waals surface area (Å²) in [5, 5.41) is 6.14. The molecule has 1 saturated heterocycles. The van der Waals surface area contributed by atoms with Crippen LogP contribution in [0.5, 0.6) is 5.75 Å². The number of hydrogen-bond donors (Lipinski definition) is 2. The first-order valence-corrected chi connectivity index (χ1v) is 11.7. The molecule has 2 amide bonds. The van der Waals surface area contributed by atoms with Crippen LogP contribution in [0.3, 0.4) is 0 Å². The van der Waals surface area contributed by atoms with Crippen LogP contribution in [0.1, 0.15) is 19.8 Å². The van der Waals surface area contributed by atoms with E-state index < -0.39 is 0 Å². The van der Waals surface area contributed by atoms with E-state index in [4.69, 9.17) is 4.74 Å². The summed E-state index contributed by atoms with van der Waals surface area (Å²) >= 11 is 1.24. The number of thiazole rings is 1. The maximum Gasteiger partial charge on any atom is 0.273 e. The van der Waals surface area contributed by atoms with Crippen LogP contribution >= 0.6 is 11.3 Å². The van der Waals surface area contributed by atoms with Crippen molar-refractivity contribution < 1.29 is 14.3 Å². The lowest BCUT2D eigenvalue weighted by Crippen LogP contribution is -2.42. The molecule has 11 heteroatoms. The molecule has 4 rings (SSSR count). The predicted octanol–water partition coefficient (Wildman–Crippen LogP) is 1.85. The maximum atomic E-state index is 13.0. The average Bonchev–Trinajstić information content (AvgIpc) is 3.27. The van der Waals surface area contributed by atoms with Gasteiger partial charge in [-0.05, 0) is 44.0 Å². The van der Waals surface area contributed by atoms with Crippen molar-refractivity contribution in [2.24, 2.45) is 5.92 Å². The second-order valence-electron chi connectivity index (χ2n) is 7.73. The van der Waals surface area contributed by atoms with Crippen LogP contribution in [-0.4, -0.2) is 53.1 Å². The first-order chi connectivity index (χ1) is 16.0. The fourth-order valence-electron chi connectivity index (χ4n) is 3.81. The van der Waals surface area contributed by atoms with Gasteiger partial charge in [0, 0.05) is 25.8 Å². The number of hydrogen-bond acceptors (Lipinski definition) is 8. The van der Waals surface area contributed by atoms with Crippen LogP contribution in [0.4, 0.5) is 10.8 Å². The monoisotopic (exact) mass is 470 g/mol. The number of aromatic nitrogens is 3. The summed E-state index contributed by atoms with van der Waals surface area (Å²) in [6.45, 7) is 3.63. The Morgan fingerprint density at radius 3 is 2.79 bits per heavy atom. The molecule has 0 aliphatic carbocycles. The van der Waals surface area contributed by atoms with Gasteiger partial charge in [0.25, 0.3) is 5.56 Å². The van der Waals surface area contributed by atoms with Crippen LogP contribution in [0.25, 0.3) is 10.3 Å². The number of piperidine rings is 1. The quantitative estimate of drug-likeness (QED) is 0.541. The molecule has 33 heavy (non-hydrogen) atoms. The van der Waals surface area contributed by atoms with E-state index in [1.165, 1.54) is 22.2 Å². The molecule has 0 bridgehead atoms. The highest BCUT2D eigenvalue weighted by Crippen LogP contribution is 2.29. The molecule has 3 heterocycles. The zero-order valence-electron chi connectivity index (χ0n) is 18.5. The van der Waals surface area contributed by atoms with Crippen molar-refractivity contribution in [3.05, 3.63) is 40.9 Å². The van der Waals surface area contributed by atoms with E-state index in [0.29, 0.717) is 34.3 Å². The predicted molar refractivity (Wildman–Crippen MR) is 127 cm³/mol. The number of rotatable bonds is 7. The Balaban J connectivity index is 1.47. The molecular formula is C22H26N6O4S. The molecule has 2 N–H and O–H groups in total. The molecule has 1 aromatic carbocycles. The van der Waals surface area contributed by atoms with Gasteiger partial charge in [-0.2, -0.15) is 4.98 Å². The van der Waals surface area contributed by atoms with Crippen molar-refractivity contribution >= 4 is 44.3 Å². The summed E-state index contributed by atoms with van der Waals surface area (Å²) < 4.78 is 7.06. The summed E-state index contributed by atoms with van der Waals surface area (Å²) in [4.78, 5) is 48.3. The van der Waals surface area contributed by atoms with Crippen LogP contribution < -0.4 is 25.8 Å². The van der Waals surface area contributed by atoms with Crippen LogP contribution in [0, 0.1) is 5.92 Å². The third-order valence-corrected chi connectivity index (χ3v) is 6.54. The van der Waals surface area contributed by atoms with Crippen LogP contribution in [-0.2, 0) is 16.1 Å². The number of carbonyl (C=O) groups is 2. The molecule has 0 saturated carbocycles. The fourth-order valence-corrected chi connectivity index (χ4v) is 4.81. The molecule has 1 fully saturated rings. The number of benzene rings is 1. The van der Waals surface area contributed by atoms with E-state index in [0.717, 1.165) is 25.1 Å². The Kier molecular flexibility index (Phi) is 6.87. The molecular weight excluding hydrogens is 444 g/mol. The van der Waals surface area contributed by atoms with E-state index in [-0.39, 0.29) is 29.8 Å².